The highest BCUT2D eigenvalue weighted by molar-refractivity contribution is 5.92. The first-order valence-corrected chi connectivity index (χ1v) is 10.6. The Bertz CT molecular complexity index is 1360. The minimum atomic E-state index is -4.85. The van der Waals surface area contributed by atoms with Crippen molar-refractivity contribution in [3.05, 3.63) is 48.2 Å². The van der Waals surface area contributed by atoms with Crippen LogP contribution in [0, 0.1) is 6.92 Å². The lowest BCUT2D eigenvalue weighted by molar-refractivity contribution is -0.274. The Morgan fingerprint density at radius 1 is 1.06 bits per heavy atom. The average Bonchev–Trinajstić information content (AvgIpc) is 3.36. The largest absolute Gasteiger partial charge is 0.573 e. The van der Waals surface area contributed by atoms with Crippen LogP contribution in [-0.2, 0) is 4.74 Å². The van der Waals surface area contributed by atoms with Crippen molar-refractivity contribution in [3.63, 3.8) is 0 Å². The molecule has 2 N–H and O–H groups in total. The second-order valence-corrected chi connectivity index (χ2v) is 7.99. The Morgan fingerprint density at radius 2 is 1.74 bits per heavy atom. The Balaban J connectivity index is 2.01. The summed E-state index contributed by atoms with van der Waals surface area (Å²) in [6, 6.07) is 8.12. The van der Waals surface area contributed by atoms with Crippen LogP contribution in [0.5, 0.6) is 23.3 Å². The van der Waals surface area contributed by atoms with Crippen molar-refractivity contribution >= 4 is 11.0 Å². The van der Waals surface area contributed by atoms with E-state index in [2.05, 4.69) is 4.74 Å². The van der Waals surface area contributed by atoms with Crippen LogP contribution >= 0.6 is 0 Å². The summed E-state index contributed by atoms with van der Waals surface area (Å²) in [5, 5.41) is 21.1. The van der Waals surface area contributed by atoms with Crippen molar-refractivity contribution in [1.82, 2.24) is 14.1 Å². The van der Waals surface area contributed by atoms with E-state index in [1.54, 1.807) is 20.1 Å². The minimum Gasteiger partial charge on any atom is -0.496 e. The maximum absolute atomic E-state index is 12.7. The molecule has 4 aromatic rings. The predicted molar refractivity (Wildman–Crippen MR) is 122 cm³/mol. The number of hydrogen-bond acceptors (Lipinski definition) is 6. The van der Waals surface area contributed by atoms with Gasteiger partial charge >= 0.3 is 6.36 Å². The third-order valence-electron chi connectivity index (χ3n) is 5.67. The van der Waals surface area contributed by atoms with Crippen molar-refractivity contribution in [2.45, 2.75) is 26.3 Å². The zero-order valence-electron chi connectivity index (χ0n) is 19.4. The number of aromatic nitrogens is 3. The zero-order chi connectivity index (χ0) is 25.5. The summed E-state index contributed by atoms with van der Waals surface area (Å²) in [5.74, 6) is -0.716. The van der Waals surface area contributed by atoms with Crippen LogP contribution in [-0.4, -0.2) is 51.5 Å². The Morgan fingerprint density at radius 3 is 2.34 bits per heavy atom. The zero-order valence-corrected chi connectivity index (χ0v) is 19.4. The van der Waals surface area contributed by atoms with E-state index in [1.807, 2.05) is 17.7 Å². The number of nitrogens with zero attached hydrogens (tertiary/aromatic N) is 3. The maximum atomic E-state index is 12.7. The van der Waals surface area contributed by atoms with Crippen molar-refractivity contribution in [3.8, 4) is 40.2 Å². The number of benzene rings is 1. The van der Waals surface area contributed by atoms with Crippen molar-refractivity contribution in [2.24, 2.45) is 0 Å². The summed E-state index contributed by atoms with van der Waals surface area (Å²) >= 11 is 0. The molecule has 3 aromatic heterocycles. The number of alkyl halides is 3. The monoisotopic (exact) mass is 491 g/mol. The summed E-state index contributed by atoms with van der Waals surface area (Å²) in [6.07, 6.45) is -3.03. The van der Waals surface area contributed by atoms with Gasteiger partial charge in [0.25, 0.3) is 0 Å². The van der Waals surface area contributed by atoms with Crippen LogP contribution in [0.25, 0.3) is 28.0 Å². The number of methoxy groups -OCH3 is 2. The lowest BCUT2D eigenvalue weighted by Crippen LogP contribution is -2.17. The first-order valence-electron chi connectivity index (χ1n) is 10.6. The standard InChI is InChI=1S/C24H24F3N3O5/c1-13(12-33-3)29-10-9-17-23(29)22(30-19(31)7-8-20(30)32)14(2)21(28-17)16-6-5-15(11-18(16)34-4)35-24(25,26)27/h5-11,13,31-32H,12H2,1-4H3. The predicted octanol–water partition coefficient (Wildman–Crippen LogP) is 5.33. The molecule has 35 heavy (non-hydrogen) atoms. The van der Waals surface area contributed by atoms with Crippen LogP contribution in [0.15, 0.2) is 42.6 Å². The quantitative estimate of drug-likeness (QED) is 0.363. The van der Waals surface area contributed by atoms with E-state index in [4.69, 9.17) is 14.5 Å². The first-order chi connectivity index (χ1) is 16.6. The fourth-order valence-corrected chi connectivity index (χ4v) is 4.20. The van der Waals surface area contributed by atoms with Gasteiger partial charge in [-0.05, 0) is 32.0 Å². The van der Waals surface area contributed by atoms with Crippen molar-refractivity contribution in [1.29, 1.82) is 0 Å². The van der Waals surface area contributed by atoms with Crippen LogP contribution in [0.3, 0.4) is 0 Å². The molecule has 0 amide bonds. The van der Waals surface area contributed by atoms with Crippen LogP contribution in [0.2, 0.25) is 0 Å². The molecular formula is C24H24F3N3O5. The molecule has 3 heterocycles. The summed E-state index contributed by atoms with van der Waals surface area (Å²) in [7, 11) is 2.92. The fourth-order valence-electron chi connectivity index (χ4n) is 4.20. The van der Waals surface area contributed by atoms with Crippen LogP contribution in [0.4, 0.5) is 13.2 Å². The summed E-state index contributed by atoms with van der Waals surface area (Å²) in [6.45, 7) is 4.10. The Hall–Kier alpha value is -3.86. The summed E-state index contributed by atoms with van der Waals surface area (Å²) < 4.78 is 56.0. The summed E-state index contributed by atoms with van der Waals surface area (Å²) in [5.41, 5.74) is 2.98. The normalized spacial score (nSPS) is 12.8. The van der Waals surface area contributed by atoms with Gasteiger partial charge in [0.15, 0.2) is 11.8 Å². The maximum Gasteiger partial charge on any atom is 0.573 e. The topological polar surface area (TPSA) is 90.9 Å². The van der Waals surface area contributed by atoms with Crippen LogP contribution < -0.4 is 9.47 Å². The molecule has 4 rings (SSSR count). The van der Waals surface area contributed by atoms with E-state index < -0.39 is 12.1 Å². The highest BCUT2D eigenvalue weighted by Crippen LogP contribution is 2.42. The van der Waals surface area contributed by atoms with Gasteiger partial charge in [0.2, 0.25) is 0 Å². The number of hydrogen-bond donors (Lipinski definition) is 2. The molecule has 11 heteroatoms. The molecule has 0 radical (unpaired) electrons. The second-order valence-electron chi connectivity index (χ2n) is 7.99. The number of fused-ring (bicyclic) bond motifs is 1. The minimum absolute atomic E-state index is 0.100. The molecule has 0 saturated heterocycles. The molecule has 1 atom stereocenters. The second kappa shape index (κ2) is 9.06. The van der Waals surface area contributed by atoms with Gasteiger partial charge in [0.1, 0.15) is 11.5 Å². The van der Waals surface area contributed by atoms with E-state index in [1.165, 1.54) is 35.9 Å². The number of rotatable bonds is 7. The van der Waals surface area contributed by atoms with Gasteiger partial charge in [-0.25, -0.2) is 9.55 Å². The van der Waals surface area contributed by atoms with Gasteiger partial charge in [0, 0.05) is 42.6 Å². The number of aromatic hydroxyl groups is 2. The fraction of sp³-hybridized carbons (Fsp3) is 0.292. The van der Waals surface area contributed by atoms with Crippen LogP contribution in [0.1, 0.15) is 18.5 Å². The molecule has 0 spiro atoms. The molecule has 186 valence electrons. The summed E-state index contributed by atoms with van der Waals surface area (Å²) in [4.78, 5) is 4.77. The number of ether oxygens (including phenoxy) is 3. The average molecular weight is 491 g/mol. The molecule has 1 unspecified atom stereocenters. The molecule has 0 saturated carbocycles. The molecule has 0 aliphatic heterocycles. The van der Waals surface area contributed by atoms with Gasteiger partial charge in [-0.15, -0.1) is 13.2 Å². The molecule has 0 aliphatic carbocycles. The van der Waals surface area contributed by atoms with E-state index in [-0.39, 0.29) is 23.6 Å². The number of halogens is 3. The van der Waals surface area contributed by atoms with Gasteiger partial charge in [0.05, 0.1) is 42.2 Å². The van der Waals surface area contributed by atoms with Gasteiger partial charge in [-0.2, -0.15) is 0 Å². The Kier molecular flexibility index (Phi) is 6.28. The molecule has 0 fully saturated rings. The van der Waals surface area contributed by atoms with Gasteiger partial charge < -0.3 is 29.0 Å². The van der Waals surface area contributed by atoms with Gasteiger partial charge in [-0.3, -0.25) is 0 Å². The highest BCUT2D eigenvalue weighted by Gasteiger charge is 2.32. The molecule has 0 bridgehead atoms. The highest BCUT2D eigenvalue weighted by atomic mass is 19.4. The van der Waals surface area contributed by atoms with Crippen molar-refractivity contribution < 1.29 is 37.6 Å². The third-order valence-corrected chi connectivity index (χ3v) is 5.67. The first kappa shape index (κ1) is 24.3. The van der Waals surface area contributed by atoms with E-state index >= 15 is 0 Å². The lowest BCUT2D eigenvalue weighted by Gasteiger charge is -2.21. The molecular weight excluding hydrogens is 467 g/mol. The SMILES string of the molecule is COCC(C)n1ccc2nc(-c3ccc(OC(F)(F)F)cc3OC)c(C)c(-n3c(O)ccc3O)c21. The van der Waals surface area contributed by atoms with Crippen molar-refractivity contribution in [2.75, 3.05) is 20.8 Å². The molecule has 1 aromatic carbocycles. The van der Waals surface area contributed by atoms with E-state index in [0.717, 1.165) is 6.07 Å². The molecule has 0 aliphatic rings. The van der Waals surface area contributed by atoms with E-state index in [9.17, 15) is 23.4 Å². The lowest BCUT2D eigenvalue weighted by atomic mass is 10.0. The Labute approximate surface area is 198 Å². The smallest absolute Gasteiger partial charge is 0.496 e. The number of pyridine rings is 1. The third kappa shape index (κ3) is 4.46. The molecule has 8 nitrogen and oxygen atoms in total. The van der Waals surface area contributed by atoms with Gasteiger partial charge in [-0.1, -0.05) is 0 Å². The van der Waals surface area contributed by atoms with E-state index in [0.29, 0.717) is 40.1 Å².